The molecule has 122 valence electrons. The highest BCUT2D eigenvalue weighted by Crippen LogP contribution is 2.23. The summed E-state index contributed by atoms with van der Waals surface area (Å²) >= 11 is 0. The Bertz CT molecular complexity index is 525. The van der Waals surface area contributed by atoms with Crippen LogP contribution in [0, 0.1) is 6.92 Å². The summed E-state index contributed by atoms with van der Waals surface area (Å²) in [5, 5.41) is 3.12. The minimum Gasteiger partial charge on any atom is -0.464 e. The van der Waals surface area contributed by atoms with Crippen LogP contribution in [0.2, 0.25) is 0 Å². The van der Waals surface area contributed by atoms with Crippen molar-refractivity contribution in [1.29, 1.82) is 0 Å². The molecule has 0 aliphatic carbocycles. The lowest BCUT2D eigenvalue weighted by Gasteiger charge is -2.19. The molecule has 0 fully saturated rings. The number of hydrogen-bond acceptors (Lipinski definition) is 5. The zero-order valence-corrected chi connectivity index (χ0v) is 14.1. The molecule has 21 heavy (non-hydrogen) atoms. The van der Waals surface area contributed by atoms with E-state index in [2.05, 4.69) is 5.32 Å². The number of nitrogens with one attached hydrogen (secondary N) is 1. The monoisotopic (exact) mass is 318 g/mol. The molecule has 7 heteroatoms. The van der Waals surface area contributed by atoms with Crippen molar-refractivity contribution in [3.05, 3.63) is 17.6 Å². The second kappa shape index (κ2) is 8.53. The van der Waals surface area contributed by atoms with Gasteiger partial charge in [0.2, 0.25) is 10.0 Å². The molecule has 0 atom stereocenters. The molecule has 0 aromatic carbocycles. The third kappa shape index (κ3) is 4.81. The van der Waals surface area contributed by atoms with Gasteiger partial charge in [0.15, 0.2) is 0 Å². The fourth-order valence-electron chi connectivity index (χ4n) is 2.01. The fraction of sp³-hybridized carbons (Fsp3) is 0.714. The van der Waals surface area contributed by atoms with Crippen molar-refractivity contribution >= 4 is 10.0 Å². The van der Waals surface area contributed by atoms with Gasteiger partial charge in [0.25, 0.3) is 0 Å². The molecular formula is C14H26N2O4S. The molecule has 0 aliphatic heterocycles. The van der Waals surface area contributed by atoms with Crippen LogP contribution in [0.5, 0.6) is 0 Å². The van der Waals surface area contributed by atoms with E-state index in [9.17, 15) is 8.42 Å². The van der Waals surface area contributed by atoms with Crippen LogP contribution in [0.1, 0.15) is 32.3 Å². The van der Waals surface area contributed by atoms with Crippen LogP contribution in [0.3, 0.4) is 0 Å². The van der Waals surface area contributed by atoms with Gasteiger partial charge in [0, 0.05) is 25.8 Å². The van der Waals surface area contributed by atoms with E-state index in [1.165, 1.54) is 4.31 Å². The standard InChI is InChI=1S/C14H26N2O4S/c1-5-15-11-13-10-14(12(4)20-13)21(17,18)16(6-2)8-9-19-7-3/h10,15H,5-9,11H2,1-4H3. The summed E-state index contributed by atoms with van der Waals surface area (Å²) in [7, 11) is -3.53. The number of likely N-dealkylation sites (N-methyl/N-ethyl adjacent to an activating group) is 1. The Morgan fingerprint density at radius 3 is 2.62 bits per heavy atom. The molecule has 1 aromatic heterocycles. The van der Waals surface area contributed by atoms with E-state index in [1.807, 2.05) is 20.8 Å². The number of furan rings is 1. The Morgan fingerprint density at radius 2 is 2.05 bits per heavy atom. The summed E-state index contributed by atoms with van der Waals surface area (Å²) in [4.78, 5) is 0.244. The van der Waals surface area contributed by atoms with Crippen molar-refractivity contribution in [2.75, 3.05) is 32.8 Å². The minimum absolute atomic E-state index is 0.244. The van der Waals surface area contributed by atoms with Crippen molar-refractivity contribution < 1.29 is 17.6 Å². The van der Waals surface area contributed by atoms with Crippen molar-refractivity contribution in [3.8, 4) is 0 Å². The minimum atomic E-state index is -3.53. The van der Waals surface area contributed by atoms with Gasteiger partial charge in [-0.1, -0.05) is 13.8 Å². The van der Waals surface area contributed by atoms with Crippen LogP contribution < -0.4 is 5.32 Å². The van der Waals surface area contributed by atoms with Crippen LogP contribution in [0.4, 0.5) is 0 Å². The van der Waals surface area contributed by atoms with Crippen molar-refractivity contribution in [2.24, 2.45) is 0 Å². The van der Waals surface area contributed by atoms with Gasteiger partial charge in [-0.15, -0.1) is 0 Å². The Labute approximate surface area is 127 Å². The second-order valence-corrected chi connectivity index (χ2v) is 6.51. The normalized spacial score (nSPS) is 12.2. The zero-order valence-electron chi connectivity index (χ0n) is 13.3. The molecule has 1 N–H and O–H groups in total. The lowest BCUT2D eigenvalue weighted by molar-refractivity contribution is 0.135. The lowest BCUT2D eigenvalue weighted by atomic mass is 10.4. The van der Waals surface area contributed by atoms with E-state index >= 15 is 0 Å². The summed E-state index contributed by atoms with van der Waals surface area (Å²) in [5.41, 5.74) is 0. The van der Waals surface area contributed by atoms with Crippen LogP contribution in [0.25, 0.3) is 0 Å². The highest BCUT2D eigenvalue weighted by molar-refractivity contribution is 7.89. The third-order valence-electron chi connectivity index (χ3n) is 3.13. The first-order chi connectivity index (χ1) is 9.97. The SMILES string of the molecule is CCNCc1cc(S(=O)(=O)N(CC)CCOCC)c(C)o1. The van der Waals surface area contributed by atoms with Gasteiger partial charge < -0.3 is 14.5 Å². The van der Waals surface area contributed by atoms with Gasteiger partial charge in [0.05, 0.1) is 13.2 Å². The van der Waals surface area contributed by atoms with E-state index in [4.69, 9.17) is 9.15 Å². The molecule has 0 aliphatic rings. The predicted molar refractivity (Wildman–Crippen MR) is 81.8 cm³/mol. The molecule has 0 radical (unpaired) electrons. The van der Waals surface area contributed by atoms with Crippen molar-refractivity contribution in [3.63, 3.8) is 0 Å². The first kappa shape index (κ1) is 18.2. The number of nitrogens with zero attached hydrogens (tertiary/aromatic N) is 1. The molecule has 0 unspecified atom stereocenters. The number of sulfonamides is 1. The van der Waals surface area contributed by atoms with Crippen LogP contribution in [-0.2, 0) is 21.3 Å². The lowest BCUT2D eigenvalue weighted by Crippen LogP contribution is -2.34. The van der Waals surface area contributed by atoms with Crippen LogP contribution >= 0.6 is 0 Å². The molecule has 0 amide bonds. The Morgan fingerprint density at radius 1 is 1.33 bits per heavy atom. The Kier molecular flexibility index (Phi) is 7.37. The van der Waals surface area contributed by atoms with E-state index < -0.39 is 10.0 Å². The maximum atomic E-state index is 12.7. The van der Waals surface area contributed by atoms with E-state index in [0.29, 0.717) is 44.4 Å². The molecule has 1 rings (SSSR count). The number of ether oxygens (including phenoxy) is 1. The largest absolute Gasteiger partial charge is 0.464 e. The van der Waals surface area contributed by atoms with Gasteiger partial charge in [-0.2, -0.15) is 4.31 Å². The average molecular weight is 318 g/mol. The van der Waals surface area contributed by atoms with Gasteiger partial charge in [-0.05, 0) is 20.4 Å². The summed E-state index contributed by atoms with van der Waals surface area (Å²) in [6.45, 7) is 10.4. The summed E-state index contributed by atoms with van der Waals surface area (Å²) in [6, 6.07) is 1.61. The van der Waals surface area contributed by atoms with E-state index in [1.54, 1.807) is 13.0 Å². The molecule has 0 saturated heterocycles. The number of hydrogen-bond donors (Lipinski definition) is 1. The summed E-state index contributed by atoms with van der Waals surface area (Å²) < 4.78 is 37.5. The molecule has 6 nitrogen and oxygen atoms in total. The van der Waals surface area contributed by atoms with Gasteiger partial charge >= 0.3 is 0 Å². The molecular weight excluding hydrogens is 292 g/mol. The molecule has 0 saturated carbocycles. The van der Waals surface area contributed by atoms with Crippen LogP contribution in [-0.4, -0.2) is 45.6 Å². The first-order valence-corrected chi connectivity index (χ1v) is 8.79. The summed E-state index contributed by atoms with van der Waals surface area (Å²) in [6.07, 6.45) is 0. The van der Waals surface area contributed by atoms with Gasteiger partial charge in [0.1, 0.15) is 16.4 Å². The maximum Gasteiger partial charge on any atom is 0.246 e. The Hall–Kier alpha value is -0.890. The molecule has 0 spiro atoms. The Balaban J connectivity index is 2.91. The first-order valence-electron chi connectivity index (χ1n) is 7.35. The third-order valence-corrected chi connectivity index (χ3v) is 5.21. The summed E-state index contributed by atoms with van der Waals surface area (Å²) in [5.74, 6) is 1.06. The number of rotatable bonds is 10. The molecule has 1 heterocycles. The smallest absolute Gasteiger partial charge is 0.246 e. The predicted octanol–water partition coefficient (Wildman–Crippen LogP) is 1.74. The number of aryl methyl sites for hydroxylation is 1. The maximum absolute atomic E-state index is 12.7. The molecule has 1 aromatic rings. The van der Waals surface area contributed by atoms with E-state index in [-0.39, 0.29) is 4.90 Å². The van der Waals surface area contributed by atoms with Crippen molar-refractivity contribution in [1.82, 2.24) is 9.62 Å². The second-order valence-electron chi connectivity index (χ2n) is 4.61. The molecule has 0 bridgehead atoms. The quantitative estimate of drug-likeness (QED) is 0.665. The van der Waals surface area contributed by atoms with Crippen molar-refractivity contribution in [2.45, 2.75) is 39.1 Å². The fourth-order valence-corrected chi connectivity index (χ4v) is 3.63. The zero-order chi connectivity index (χ0) is 15.9. The highest BCUT2D eigenvalue weighted by atomic mass is 32.2. The average Bonchev–Trinajstić information content (AvgIpc) is 2.83. The van der Waals surface area contributed by atoms with E-state index in [0.717, 1.165) is 6.54 Å². The van der Waals surface area contributed by atoms with Gasteiger partial charge in [-0.3, -0.25) is 0 Å². The van der Waals surface area contributed by atoms with Crippen LogP contribution in [0.15, 0.2) is 15.4 Å². The van der Waals surface area contributed by atoms with Gasteiger partial charge in [-0.25, -0.2) is 8.42 Å². The topological polar surface area (TPSA) is 71.8 Å². The highest BCUT2D eigenvalue weighted by Gasteiger charge is 2.27.